The van der Waals surface area contributed by atoms with Gasteiger partial charge in [-0.15, -0.1) is 0 Å². The molecule has 0 heterocycles. The molecule has 0 atom stereocenters. The van der Waals surface area contributed by atoms with Crippen LogP contribution in [0.1, 0.15) is 0 Å². The van der Waals surface area contributed by atoms with E-state index >= 15 is 0 Å². The number of halogens is 1. The third-order valence-corrected chi connectivity index (χ3v) is 2.76. The Labute approximate surface area is 126 Å². The normalized spacial score (nSPS) is 10.1. The number of methoxy groups -OCH3 is 1. The van der Waals surface area contributed by atoms with Gasteiger partial charge in [-0.1, -0.05) is 6.07 Å². The number of rotatable bonds is 7. The number of nitrogens with zero attached hydrogens (tertiary/aromatic N) is 1. The Kier molecular flexibility index (Phi) is 5.13. The van der Waals surface area contributed by atoms with Gasteiger partial charge >= 0.3 is 0 Å². The molecule has 0 saturated heterocycles. The molecule has 2 rings (SSSR count). The van der Waals surface area contributed by atoms with E-state index in [0.29, 0.717) is 11.5 Å². The van der Waals surface area contributed by atoms with Crippen LogP contribution in [0.25, 0.3) is 0 Å². The summed E-state index contributed by atoms with van der Waals surface area (Å²) < 4.78 is 28.8. The predicted molar refractivity (Wildman–Crippen MR) is 77.0 cm³/mol. The number of non-ortho nitro benzene ring substituents is 1. The molecule has 0 aromatic heterocycles. The van der Waals surface area contributed by atoms with Crippen molar-refractivity contribution in [2.24, 2.45) is 0 Å². The highest BCUT2D eigenvalue weighted by Gasteiger charge is 2.12. The summed E-state index contributed by atoms with van der Waals surface area (Å²) in [5.41, 5.74) is -0.0955. The first-order valence-electron chi connectivity index (χ1n) is 6.44. The highest BCUT2D eigenvalue weighted by Crippen LogP contribution is 2.31. The number of nitro groups is 1. The fourth-order valence-corrected chi connectivity index (χ4v) is 1.76. The SMILES string of the molecule is COc1ccc([N+](=O)[O-])cc1OCCOc1cccc(F)c1. The lowest BCUT2D eigenvalue weighted by molar-refractivity contribution is -0.385. The summed E-state index contributed by atoms with van der Waals surface area (Å²) in [6, 6.07) is 9.80. The number of benzene rings is 2. The molecule has 0 spiro atoms. The fraction of sp³-hybridized carbons (Fsp3) is 0.200. The highest BCUT2D eigenvalue weighted by atomic mass is 19.1. The lowest BCUT2D eigenvalue weighted by Gasteiger charge is -2.11. The molecule has 0 saturated carbocycles. The van der Waals surface area contributed by atoms with E-state index in [4.69, 9.17) is 14.2 Å². The standard InChI is InChI=1S/C15H14FNO5/c1-20-14-6-5-12(17(18)19)10-15(14)22-8-7-21-13-4-2-3-11(16)9-13/h2-6,9-10H,7-8H2,1H3. The largest absolute Gasteiger partial charge is 0.493 e. The molecular weight excluding hydrogens is 293 g/mol. The van der Waals surface area contributed by atoms with Gasteiger partial charge in [-0.05, 0) is 18.2 Å². The second-order valence-electron chi connectivity index (χ2n) is 4.25. The summed E-state index contributed by atoms with van der Waals surface area (Å²) in [5.74, 6) is 0.629. The van der Waals surface area contributed by atoms with Crippen LogP contribution >= 0.6 is 0 Å². The topological polar surface area (TPSA) is 70.8 Å². The maximum Gasteiger partial charge on any atom is 0.273 e. The molecule has 7 heteroatoms. The van der Waals surface area contributed by atoms with Crippen molar-refractivity contribution in [1.82, 2.24) is 0 Å². The van der Waals surface area contributed by atoms with Crippen molar-refractivity contribution in [2.45, 2.75) is 0 Å². The van der Waals surface area contributed by atoms with Gasteiger partial charge in [0.1, 0.15) is 24.8 Å². The Hall–Kier alpha value is -2.83. The molecule has 0 unspecified atom stereocenters. The second kappa shape index (κ2) is 7.26. The van der Waals surface area contributed by atoms with Crippen molar-refractivity contribution in [3.63, 3.8) is 0 Å². The second-order valence-corrected chi connectivity index (χ2v) is 4.25. The first-order valence-corrected chi connectivity index (χ1v) is 6.44. The van der Waals surface area contributed by atoms with Gasteiger partial charge in [0.05, 0.1) is 18.1 Å². The summed E-state index contributed by atoms with van der Waals surface area (Å²) in [6.45, 7) is 0.295. The Morgan fingerprint density at radius 3 is 2.55 bits per heavy atom. The zero-order valence-electron chi connectivity index (χ0n) is 11.8. The van der Waals surface area contributed by atoms with E-state index in [9.17, 15) is 14.5 Å². The van der Waals surface area contributed by atoms with Gasteiger partial charge in [-0.3, -0.25) is 10.1 Å². The number of hydrogen-bond acceptors (Lipinski definition) is 5. The summed E-state index contributed by atoms with van der Waals surface area (Å²) in [5, 5.41) is 10.7. The van der Waals surface area contributed by atoms with Crippen LogP contribution in [0.4, 0.5) is 10.1 Å². The van der Waals surface area contributed by atoms with E-state index in [1.807, 2.05) is 0 Å². The van der Waals surface area contributed by atoms with Crippen molar-refractivity contribution >= 4 is 5.69 Å². The first kappa shape index (κ1) is 15.6. The monoisotopic (exact) mass is 307 g/mol. The Morgan fingerprint density at radius 1 is 1.09 bits per heavy atom. The molecule has 0 aliphatic heterocycles. The molecular formula is C15H14FNO5. The lowest BCUT2D eigenvalue weighted by atomic mass is 10.3. The zero-order valence-corrected chi connectivity index (χ0v) is 11.8. The number of nitro benzene ring substituents is 1. The van der Waals surface area contributed by atoms with Crippen LogP contribution in [0, 0.1) is 15.9 Å². The molecule has 0 aliphatic carbocycles. The highest BCUT2D eigenvalue weighted by molar-refractivity contribution is 5.48. The quantitative estimate of drug-likeness (QED) is 0.446. The molecule has 0 fully saturated rings. The van der Waals surface area contributed by atoms with Gasteiger partial charge in [0.15, 0.2) is 11.5 Å². The summed E-state index contributed by atoms with van der Waals surface area (Å²) in [7, 11) is 1.44. The van der Waals surface area contributed by atoms with Crippen LogP contribution in [-0.4, -0.2) is 25.2 Å². The van der Waals surface area contributed by atoms with E-state index in [0.717, 1.165) is 0 Å². The minimum Gasteiger partial charge on any atom is -0.493 e. The molecule has 2 aromatic carbocycles. The maximum atomic E-state index is 13.0. The van der Waals surface area contributed by atoms with Crippen molar-refractivity contribution in [3.05, 3.63) is 58.4 Å². The van der Waals surface area contributed by atoms with Crippen LogP contribution in [0.3, 0.4) is 0 Å². The molecule has 0 radical (unpaired) electrons. The zero-order chi connectivity index (χ0) is 15.9. The van der Waals surface area contributed by atoms with Crippen molar-refractivity contribution < 1.29 is 23.5 Å². The smallest absolute Gasteiger partial charge is 0.273 e. The molecule has 0 N–H and O–H groups in total. The summed E-state index contributed by atoms with van der Waals surface area (Å²) >= 11 is 0. The first-order chi connectivity index (χ1) is 10.6. The Balaban J connectivity index is 1.93. The summed E-state index contributed by atoms with van der Waals surface area (Å²) in [6.07, 6.45) is 0. The van der Waals surface area contributed by atoms with E-state index in [1.54, 1.807) is 6.07 Å². The predicted octanol–water partition coefficient (Wildman–Crippen LogP) is 3.20. The minimum atomic E-state index is -0.518. The van der Waals surface area contributed by atoms with E-state index < -0.39 is 10.7 Å². The molecule has 116 valence electrons. The average Bonchev–Trinajstić information content (AvgIpc) is 2.51. The van der Waals surface area contributed by atoms with Crippen LogP contribution in [-0.2, 0) is 0 Å². The fourth-order valence-electron chi connectivity index (χ4n) is 1.76. The van der Waals surface area contributed by atoms with Crippen LogP contribution in [0.2, 0.25) is 0 Å². The Bertz CT molecular complexity index is 662. The van der Waals surface area contributed by atoms with E-state index in [2.05, 4.69) is 0 Å². The van der Waals surface area contributed by atoms with Crippen LogP contribution in [0.15, 0.2) is 42.5 Å². The van der Waals surface area contributed by atoms with Crippen molar-refractivity contribution in [2.75, 3.05) is 20.3 Å². The van der Waals surface area contributed by atoms with Gasteiger partial charge in [0.25, 0.3) is 5.69 Å². The van der Waals surface area contributed by atoms with Crippen molar-refractivity contribution in [3.8, 4) is 17.2 Å². The summed E-state index contributed by atoms with van der Waals surface area (Å²) in [4.78, 5) is 10.2. The molecule has 0 aliphatic rings. The third kappa shape index (κ3) is 4.08. The number of hydrogen-bond donors (Lipinski definition) is 0. The van der Waals surface area contributed by atoms with Gasteiger partial charge < -0.3 is 14.2 Å². The molecule has 0 amide bonds. The van der Waals surface area contributed by atoms with Crippen LogP contribution in [0.5, 0.6) is 17.2 Å². The molecule has 0 bridgehead atoms. The van der Waals surface area contributed by atoms with Crippen LogP contribution < -0.4 is 14.2 Å². The average molecular weight is 307 g/mol. The Morgan fingerprint density at radius 2 is 1.86 bits per heavy atom. The lowest BCUT2D eigenvalue weighted by Crippen LogP contribution is -2.09. The van der Waals surface area contributed by atoms with Gasteiger partial charge in [-0.2, -0.15) is 0 Å². The number of ether oxygens (including phenoxy) is 3. The van der Waals surface area contributed by atoms with Gasteiger partial charge in [-0.25, -0.2) is 4.39 Å². The van der Waals surface area contributed by atoms with Gasteiger partial charge in [0, 0.05) is 12.1 Å². The van der Waals surface area contributed by atoms with Crippen molar-refractivity contribution in [1.29, 1.82) is 0 Å². The van der Waals surface area contributed by atoms with Gasteiger partial charge in [0.2, 0.25) is 0 Å². The maximum absolute atomic E-state index is 13.0. The third-order valence-electron chi connectivity index (χ3n) is 2.76. The molecule has 22 heavy (non-hydrogen) atoms. The molecule has 6 nitrogen and oxygen atoms in total. The minimum absolute atomic E-state index is 0.0955. The van der Waals surface area contributed by atoms with E-state index in [1.165, 1.54) is 43.5 Å². The van der Waals surface area contributed by atoms with E-state index in [-0.39, 0.29) is 24.7 Å². The molecule has 2 aromatic rings.